The summed E-state index contributed by atoms with van der Waals surface area (Å²) in [5.41, 5.74) is 3.44. The molecule has 0 aliphatic rings. The van der Waals surface area contributed by atoms with E-state index >= 15 is 0 Å². The van der Waals surface area contributed by atoms with Crippen molar-refractivity contribution in [2.24, 2.45) is 0 Å². The maximum absolute atomic E-state index is 12.6. The van der Waals surface area contributed by atoms with Crippen LogP contribution in [0.2, 0.25) is 5.02 Å². The van der Waals surface area contributed by atoms with Gasteiger partial charge in [0.25, 0.3) is 0 Å². The molecule has 0 bridgehead atoms. The molecule has 0 fully saturated rings. The zero-order valence-electron chi connectivity index (χ0n) is 16.6. The molecule has 7 heteroatoms. The van der Waals surface area contributed by atoms with Crippen LogP contribution >= 0.6 is 11.6 Å². The minimum atomic E-state index is -0.174. The molecule has 0 saturated heterocycles. The lowest BCUT2D eigenvalue weighted by Crippen LogP contribution is -1.99. The van der Waals surface area contributed by atoms with Gasteiger partial charge in [-0.2, -0.15) is 0 Å². The van der Waals surface area contributed by atoms with Crippen LogP contribution in [0.15, 0.2) is 79.0 Å². The van der Waals surface area contributed by atoms with E-state index in [1.54, 1.807) is 53.4 Å². The summed E-state index contributed by atoms with van der Waals surface area (Å²) < 4.78 is 6.63. The molecule has 0 atom stereocenters. The van der Waals surface area contributed by atoms with E-state index in [1.165, 1.54) is 19.3 Å². The van der Waals surface area contributed by atoms with Gasteiger partial charge in [0.05, 0.1) is 19.0 Å². The second kappa shape index (κ2) is 8.85. The number of phenolic OH excluding ortho intramolecular Hbond substituents is 1. The Morgan fingerprint density at radius 3 is 2.71 bits per heavy atom. The van der Waals surface area contributed by atoms with Crippen molar-refractivity contribution in [2.75, 3.05) is 7.11 Å². The molecule has 154 valence electrons. The smallest absolute Gasteiger partial charge is 0.185 e. The summed E-state index contributed by atoms with van der Waals surface area (Å²) in [6.07, 6.45) is 4.88. The third-order valence-electron chi connectivity index (χ3n) is 4.64. The molecule has 1 heterocycles. The van der Waals surface area contributed by atoms with E-state index in [1.807, 2.05) is 24.3 Å². The topological polar surface area (TPSA) is 77.2 Å². The first-order chi connectivity index (χ1) is 15.0. The van der Waals surface area contributed by atoms with Gasteiger partial charge in [-0.3, -0.25) is 4.79 Å². The monoisotopic (exact) mass is 431 g/mol. The molecule has 4 rings (SSSR count). The van der Waals surface area contributed by atoms with E-state index in [2.05, 4.69) is 10.3 Å². The summed E-state index contributed by atoms with van der Waals surface area (Å²) >= 11 is 6.05. The predicted molar refractivity (Wildman–Crippen MR) is 120 cm³/mol. The van der Waals surface area contributed by atoms with Gasteiger partial charge in [-0.1, -0.05) is 53.2 Å². The molecular formula is C24H18ClN3O3. The van der Waals surface area contributed by atoms with E-state index in [0.29, 0.717) is 33.3 Å². The van der Waals surface area contributed by atoms with Crippen LogP contribution in [0.5, 0.6) is 11.5 Å². The highest BCUT2D eigenvalue weighted by molar-refractivity contribution is 6.30. The second-order valence-electron chi connectivity index (χ2n) is 6.74. The summed E-state index contributed by atoms with van der Waals surface area (Å²) in [6, 6.07) is 19.4. The van der Waals surface area contributed by atoms with Gasteiger partial charge in [0, 0.05) is 16.1 Å². The molecule has 0 amide bonds. The lowest BCUT2D eigenvalue weighted by atomic mass is 10.1. The molecule has 3 aromatic carbocycles. The van der Waals surface area contributed by atoms with Crippen LogP contribution in [0, 0.1) is 0 Å². The second-order valence-corrected chi connectivity index (χ2v) is 7.17. The van der Waals surface area contributed by atoms with Crippen molar-refractivity contribution in [1.82, 2.24) is 15.0 Å². The van der Waals surface area contributed by atoms with Gasteiger partial charge in [0.2, 0.25) is 0 Å². The molecular weight excluding hydrogens is 414 g/mol. The molecule has 0 saturated carbocycles. The van der Waals surface area contributed by atoms with Crippen molar-refractivity contribution >= 4 is 23.5 Å². The van der Waals surface area contributed by atoms with Crippen LogP contribution in [0.1, 0.15) is 15.9 Å². The van der Waals surface area contributed by atoms with E-state index < -0.39 is 0 Å². The van der Waals surface area contributed by atoms with Gasteiger partial charge in [0.15, 0.2) is 17.3 Å². The van der Waals surface area contributed by atoms with E-state index in [0.717, 1.165) is 5.56 Å². The van der Waals surface area contributed by atoms with E-state index in [9.17, 15) is 9.90 Å². The van der Waals surface area contributed by atoms with Gasteiger partial charge in [-0.25, -0.2) is 4.68 Å². The number of aromatic hydroxyl groups is 1. The zero-order chi connectivity index (χ0) is 21.8. The summed E-state index contributed by atoms with van der Waals surface area (Å²) in [5.74, 6) is 0.217. The Morgan fingerprint density at radius 1 is 1.10 bits per heavy atom. The van der Waals surface area contributed by atoms with Crippen molar-refractivity contribution in [3.63, 3.8) is 0 Å². The van der Waals surface area contributed by atoms with E-state index in [-0.39, 0.29) is 11.5 Å². The van der Waals surface area contributed by atoms with Crippen LogP contribution < -0.4 is 4.74 Å². The number of benzene rings is 3. The minimum absolute atomic E-state index is 0.0146. The van der Waals surface area contributed by atoms with Crippen LogP contribution in [0.25, 0.3) is 23.0 Å². The highest BCUT2D eigenvalue weighted by atomic mass is 35.5. The average Bonchev–Trinajstić information content (AvgIpc) is 3.28. The first-order valence-electron chi connectivity index (χ1n) is 9.41. The maximum atomic E-state index is 12.6. The van der Waals surface area contributed by atoms with Crippen LogP contribution in [0.3, 0.4) is 0 Å². The Hall–Kier alpha value is -3.90. The van der Waals surface area contributed by atoms with Crippen molar-refractivity contribution < 1.29 is 14.6 Å². The Kier molecular flexibility index (Phi) is 5.82. The molecule has 4 aromatic rings. The molecule has 0 aliphatic heterocycles. The Balaban J connectivity index is 1.54. The molecule has 0 aliphatic carbocycles. The summed E-state index contributed by atoms with van der Waals surface area (Å²) in [4.78, 5) is 12.6. The Morgan fingerprint density at radius 2 is 1.94 bits per heavy atom. The molecule has 6 nitrogen and oxygen atoms in total. The summed E-state index contributed by atoms with van der Waals surface area (Å²) in [5, 5.41) is 18.9. The van der Waals surface area contributed by atoms with Crippen molar-refractivity contribution in [2.45, 2.75) is 0 Å². The number of rotatable bonds is 6. The first-order valence-corrected chi connectivity index (χ1v) is 9.79. The Bertz CT molecular complexity index is 1280. The van der Waals surface area contributed by atoms with Crippen LogP contribution in [0.4, 0.5) is 0 Å². The average molecular weight is 432 g/mol. The predicted octanol–water partition coefficient (Wildman–Crippen LogP) is 5.20. The number of carbonyl (C=O) groups is 1. The van der Waals surface area contributed by atoms with Gasteiger partial charge in [-0.15, -0.1) is 5.10 Å². The van der Waals surface area contributed by atoms with E-state index in [4.69, 9.17) is 16.3 Å². The van der Waals surface area contributed by atoms with Gasteiger partial charge in [-0.05, 0) is 48.0 Å². The molecule has 1 N–H and O–H groups in total. The largest absolute Gasteiger partial charge is 0.504 e. The number of carbonyl (C=O) groups excluding carboxylic acids is 1. The normalized spacial score (nSPS) is 11.0. The van der Waals surface area contributed by atoms with Gasteiger partial charge < -0.3 is 9.84 Å². The number of ether oxygens (including phenoxy) is 1. The number of ketones is 1. The Labute approximate surface area is 184 Å². The first kappa shape index (κ1) is 20.4. The number of phenols is 1. The number of hydrogen-bond donors (Lipinski definition) is 1. The fraction of sp³-hybridized carbons (Fsp3) is 0.0417. The SMILES string of the molecule is COc1ccc(/C=C/C(=O)c2cccc(-n3cc(-c4cccc(Cl)c4)nn3)c2)cc1O. The molecule has 0 unspecified atom stereocenters. The number of allylic oxidation sites excluding steroid dienone is 1. The standard InChI is InChI=1S/C24H18ClN3O3/c1-31-24-11-9-16(12-23(24)30)8-10-22(29)18-5-3-7-20(14-18)28-15-21(26-27-28)17-4-2-6-19(25)13-17/h2-15,30H,1H3/b10-8+. The summed E-state index contributed by atoms with van der Waals surface area (Å²) in [7, 11) is 1.48. The fourth-order valence-electron chi connectivity index (χ4n) is 3.05. The highest BCUT2D eigenvalue weighted by Crippen LogP contribution is 2.27. The number of halogens is 1. The molecule has 1 aromatic heterocycles. The number of nitrogens with zero attached hydrogens (tertiary/aromatic N) is 3. The van der Waals surface area contributed by atoms with Crippen molar-refractivity contribution in [3.8, 4) is 28.4 Å². The fourth-order valence-corrected chi connectivity index (χ4v) is 3.24. The van der Waals surface area contributed by atoms with Crippen molar-refractivity contribution in [3.05, 3.63) is 95.2 Å². The summed E-state index contributed by atoms with van der Waals surface area (Å²) in [6.45, 7) is 0. The number of methoxy groups -OCH3 is 1. The number of hydrogen-bond acceptors (Lipinski definition) is 5. The maximum Gasteiger partial charge on any atom is 0.185 e. The molecule has 0 radical (unpaired) electrons. The molecule has 31 heavy (non-hydrogen) atoms. The van der Waals surface area contributed by atoms with Gasteiger partial charge in [0.1, 0.15) is 5.69 Å². The van der Waals surface area contributed by atoms with Crippen LogP contribution in [-0.4, -0.2) is 33.0 Å². The van der Waals surface area contributed by atoms with Crippen molar-refractivity contribution in [1.29, 1.82) is 0 Å². The quantitative estimate of drug-likeness (QED) is 0.335. The highest BCUT2D eigenvalue weighted by Gasteiger charge is 2.09. The lowest BCUT2D eigenvalue weighted by molar-refractivity contribution is 0.104. The third-order valence-corrected chi connectivity index (χ3v) is 4.87. The lowest BCUT2D eigenvalue weighted by Gasteiger charge is -2.04. The molecule has 0 spiro atoms. The van der Waals surface area contributed by atoms with Crippen LogP contribution in [-0.2, 0) is 0 Å². The minimum Gasteiger partial charge on any atom is -0.504 e. The zero-order valence-corrected chi connectivity index (χ0v) is 17.3. The third kappa shape index (κ3) is 4.65. The van der Waals surface area contributed by atoms with Gasteiger partial charge >= 0.3 is 0 Å². The number of aromatic nitrogens is 3.